The zero-order valence-electron chi connectivity index (χ0n) is 10.4. The lowest BCUT2D eigenvalue weighted by Gasteiger charge is -2.27. The first kappa shape index (κ1) is 11.8. The number of hydrogen-bond donors (Lipinski definition) is 0. The van der Waals surface area contributed by atoms with Gasteiger partial charge in [0.2, 0.25) is 0 Å². The van der Waals surface area contributed by atoms with E-state index in [0.29, 0.717) is 12.0 Å². The molecule has 1 aliphatic rings. The molecule has 0 radical (unpaired) electrons. The average molecular weight is 228 g/mol. The minimum atomic E-state index is -0.580. The highest BCUT2D eigenvalue weighted by atomic mass is 16.1. The van der Waals surface area contributed by atoms with E-state index in [1.54, 1.807) is 0 Å². The molecule has 2 heteroatoms. The van der Waals surface area contributed by atoms with E-state index in [2.05, 4.69) is 0 Å². The molecule has 0 aromatic heterocycles. The van der Waals surface area contributed by atoms with Crippen LogP contribution in [0.15, 0.2) is 30.3 Å². The summed E-state index contributed by atoms with van der Waals surface area (Å²) in [5, 5.41) is 0. The maximum absolute atomic E-state index is 12.3. The second kappa shape index (κ2) is 3.95. The second-order valence-corrected chi connectivity index (χ2v) is 5.23. The van der Waals surface area contributed by atoms with Gasteiger partial charge in [-0.05, 0) is 24.1 Å². The summed E-state index contributed by atoms with van der Waals surface area (Å²) in [5.41, 5.74) is 1.88. The Kier molecular flexibility index (Phi) is 2.74. The summed E-state index contributed by atoms with van der Waals surface area (Å²) in [6.07, 6.45) is 1.80. The molecule has 17 heavy (non-hydrogen) atoms. The van der Waals surface area contributed by atoms with Gasteiger partial charge in [0, 0.05) is 17.4 Å². The highest BCUT2D eigenvalue weighted by Crippen LogP contribution is 2.35. The molecule has 0 unspecified atom stereocenters. The Labute approximate surface area is 101 Å². The van der Waals surface area contributed by atoms with Crippen molar-refractivity contribution in [2.75, 3.05) is 0 Å². The fraction of sp³-hybridized carbons (Fsp3) is 0.333. The van der Waals surface area contributed by atoms with Gasteiger partial charge in [0.15, 0.2) is 11.6 Å². The minimum Gasteiger partial charge on any atom is -0.295 e. The molecule has 0 saturated heterocycles. The van der Waals surface area contributed by atoms with E-state index in [4.69, 9.17) is 0 Å². The van der Waals surface area contributed by atoms with E-state index in [9.17, 15) is 9.59 Å². The summed E-state index contributed by atoms with van der Waals surface area (Å²) >= 11 is 0. The third-order valence-corrected chi connectivity index (χ3v) is 3.22. The molecule has 1 aromatic rings. The van der Waals surface area contributed by atoms with Crippen molar-refractivity contribution in [3.8, 4) is 0 Å². The van der Waals surface area contributed by atoms with Crippen LogP contribution in [0.25, 0.3) is 5.57 Å². The Hall–Kier alpha value is -1.70. The zero-order valence-corrected chi connectivity index (χ0v) is 10.4. The molecule has 0 heterocycles. The molecule has 0 amide bonds. The van der Waals surface area contributed by atoms with E-state index in [1.807, 2.05) is 45.0 Å². The fourth-order valence-corrected chi connectivity index (χ4v) is 2.23. The summed E-state index contributed by atoms with van der Waals surface area (Å²) in [6.45, 7) is 5.62. The number of rotatable bonds is 1. The summed E-state index contributed by atoms with van der Waals surface area (Å²) < 4.78 is 0. The molecular weight excluding hydrogens is 212 g/mol. The molecule has 0 spiro atoms. The summed E-state index contributed by atoms with van der Waals surface area (Å²) in [7, 11) is 0. The van der Waals surface area contributed by atoms with Crippen LogP contribution < -0.4 is 0 Å². The highest BCUT2D eigenvalue weighted by molar-refractivity contribution is 6.30. The van der Waals surface area contributed by atoms with Crippen LogP contribution >= 0.6 is 0 Å². The van der Waals surface area contributed by atoms with Crippen LogP contribution in [0.5, 0.6) is 0 Å². The van der Waals surface area contributed by atoms with Crippen LogP contribution in [0.1, 0.15) is 31.4 Å². The Bertz CT molecular complexity index is 521. The predicted octanol–water partition coefficient (Wildman–Crippen LogP) is 2.95. The molecule has 0 N–H and O–H groups in total. The van der Waals surface area contributed by atoms with Crippen molar-refractivity contribution in [3.05, 3.63) is 41.5 Å². The van der Waals surface area contributed by atoms with E-state index in [0.717, 1.165) is 11.1 Å². The quantitative estimate of drug-likeness (QED) is 0.740. The van der Waals surface area contributed by atoms with E-state index in [-0.39, 0.29) is 11.6 Å². The van der Waals surface area contributed by atoms with Gasteiger partial charge in [-0.1, -0.05) is 38.1 Å². The Morgan fingerprint density at radius 3 is 2.41 bits per heavy atom. The van der Waals surface area contributed by atoms with Crippen LogP contribution in [0.4, 0.5) is 0 Å². The number of aryl methyl sites for hydroxylation is 1. The predicted molar refractivity (Wildman–Crippen MR) is 67.6 cm³/mol. The highest BCUT2D eigenvalue weighted by Gasteiger charge is 2.36. The van der Waals surface area contributed by atoms with Gasteiger partial charge in [0.1, 0.15) is 0 Å². The SMILES string of the molecule is Cc1ccccc1C1=CC(=O)CC(C)(C)C1=O. The number of Topliss-reactive ketones (excluding diaryl/α,β-unsaturated/α-hetero) is 1. The van der Waals surface area contributed by atoms with Crippen molar-refractivity contribution >= 4 is 17.1 Å². The van der Waals surface area contributed by atoms with Crippen molar-refractivity contribution in [2.24, 2.45) is 5.41 Å². The zero-order chi connectivity index (χ0) is 12.6. The first-order valence-electron chi connectivity index (χ1n) is 5.77. The number of ketones is 2. The summed E-state index contributed by atoms with van der Waals surface area (Å²) in [5.74, 6) is 0.0965. The van der Waals surface area contributed by atoms with Crippen molar-refractivity contribution < 1.29 is 9.59 Å². The molecule has 88 valence electrons. The summed E-state index contributed by atoms with van der Waals surface area (Å²) in [6, 6.07) is 7.67. The molecule has 1 aromatic carbocycles. The molecule has 2 rings (SSSR count). The second-order valence-electron chi connectivity index (χ2n) is 5.23. The number of allylic oxidation sites excluding steroid dienone is 2. The Morgan fingerprint density at radius 2 is 1.76 bits per heavy atom. The lowest BCUT2D eigenvalue weighted by atomic mass is 9.73. The van der Waals surface area contributed by atoms with Crippen molar-refractivity contribution in [1.29, 1.82) is 0 Å². The molecule has 0 fully saturated rings. The smallest absolute Gasteiger partial charge is 0.169 e. The number of hydrogen-bond acceptors (Lipinski definition) is 2. The first-order valence-corrected chi connectivity index (χ1v) is 5.77. The van der Waals surface area contributed by atoms with Gasteiger partial charge in [0.25, 0.3) is 0 Å². The van der Waals surface area contributed by atoms with Crippen LogP contribution in [-0.4, -0.2) is 11.6 Å². The number of carbonyl (C=O) groups is 2. The summed E-state index contributed by atoms with van der Waals surface area (Å²) in [4.78, 5) is 24.0. The Balaban J connectivity index is 2.56. The maximum Gasteiger partial charge on any atom is 0.169 e. The molecule has 0 saturated carbocycles. The normalized spacial score (nSPS) is 19.1. The van der Waals surface area contributed by atoms with E-state index in [1.165, 1.54) is 6.08 Å². The van der Waals surface area contributed by atoms with Crippen LogP contribution in [0.3, 0.4) is 0 Å². The number of benzene rings is 1. The maximum atomic E-state index is 12.3. The van der Waals surface area contributed by atoms with Gasteiger partial charge in [-0.25, -0.2) is 0 Å². The van der Waals surface area contributed by atoms with Crippen molar-refractivity contribution in [3.63, 3.8) is 0 Å². The van der Waals surface area contributed by atoms with Gasteiger partial charge in [-0.15, -0.1) is 0 Å². The average Bonchev–Trinajstić information content (AvgIpc) is 2.24. The lowest BCUT2D eigenvalue weighted by Crippen LogP contribution is -2.32. The third kappa shape index (κ3) is 2.07. The van der Waals surface area contributed by atoms with E-state index < -0.39 is 5.41 Å². The molecule has 2 nitrogen and oxygen atoms in total. The van der Waals surface area contributed by atoms with Crippen molar-refractivity contribution in [1.82, 2.24) is 0 Å². The molecule has 1 aliphatic carbocycles. The first-order chi connectivity index (χ1) is 7.92. The van der Waals surface area contributed by atoms with Gasteiger partial charge in [-0.3, -0.25) is 9.59 Å². The van der Waals surface area contributed by atoms with Gasteiger partial charge >= 0.3 is 0 Å². The number of carbonyl (C=O) groups excluding carboxylic acids is 2. The van der Waals surface area contributed by atoms with Crippen molar-refractivity contribution in [2.45, 2.75) is 27.2 Å². The molecular formula is C15H16O2. The van der Waals surface area contributed by atoms with Crippen LogP contribution in [-0.2, 0) is 9.59 Å². The lowest BCUT2D eigenvalue weighted by molar-refractivity contribution is -0.127. The standard InChI is InChI=1S/C15H16O2/c1-10-6-4-5-7-12(10)13-8-11(16)9-15(2,3)14(13)17/h4-8H,9H2,1-3H3. The van der Waals surface area contributed by atoms with Crippen LogP contribution in [0, 0.1) is 12.3 Å². The molecule has 0 atom stereocenters. The fourth-order valence-electron chi connectivity index (χ4n) is 2.23. The monoisotopic (exact) mass is 228 g/mol. The Morgan fingerprint density at radius 1 is 1.12 bits per heavy atom. The largest absolute Gasteiger partial charge is 0.295 e. The van der Waals surface area contributed by atoms with Gasteiger partial charge in [0.05, 0.1) is 0 Å². The minimum absolute atomic E-state index is 0.0350. The topological polar surface area (TPSA) is 34.1 Å². The van der Waals surface area contributed by atoms with E-state index >= 15 is 0 Å². The van der Waals surface area contributed by atoms with Gasteiger partial charge in [-0.2, -0.15) is 0 Å². The third-order valence-electron chi connectivity index (χ3n) is 3.22. The van der Waals surface area contributed by atoms with Gasteiger partial charge < -0.3 is 0 Å². The molecule has 0 bridgehead atoms. The molecule has 0 aliphatic heterocycles. The van der Waals surface area contributed by atoms with Crippen LogP contribution in [0.2, 0.25) is 0 Å².